The first-order valence-corrected chi connectivity index (χ1v) is 9.61. The van der Waals surface area contributed by atoms with Crippen molar-refractivity contribution >= 4 is 34.9 Å². The van der Waals surface area contributed by atoms with Crippen molar-refractivity contribution in [1.82, 2.24) is 0 Å². The quantitative estimate of drug-likeness (QED) is 0.512. The minimum atomic E-state index is -0.926. The van der Waals surface area contributed by atoms with E-state index in [1.807, 2.05) is 32.0 Å². The molecule has 0 spiro atoms. The first kappa shape index (κ1) is 18.8. The van der Waals surface area contributed by atoms with Crippen molar-refractivity contribution in [2.24, 2.45) is 0 Å². The molecule has 0 fully saturated rings. The van der Waals surface area contributed by atoms with Gasteiger partial charge in [0.15, 0.2) is 0 Å². The van der Waals surface area contributed by atoms with Gasteiger partial charge in [0.1, 0.15) is 11.2 Å². The molecule has 28 heavy (non-hydrogen) atoms. The van der Waals surface area contributed by atoms with E-state index in [1.54, 1.807) is 13.8 Å². The third-order valence-corrected chi connectivity index (χ3v) is 5.72. The fourth-order valence-corrected chi connectivity index (χ4v) is 3.16. The van der Waals surface area contributed by atoms with Crippen molar-refractivity contribution in [1.29, 1.82) is 0 Å². The van der Waals surface area contributed by atoms with Crippen molar-refractivity contribution in [3.05, 3.63) is 66.7 Å². The standard InChI is InChI=1S/C24H25BO3/c1-23(2,26)24(3,4)28-25-18-11-12-19-20-14-17(16-8-6-5-7-9-16)10-13-21(20)27-22(19)15-18/h5-15,25-26H,1-4H3. The van der Waals surface area contributed by atoms with Crippen molar-refractivity contribution in [3.63, 3.8) is 0 Å². The van der Waals surface area contributed by atoms with Gasteiger partial charge in [0.05, 0.1) is 11.2 Å². The molecule has 0 unspecified atom stereocenters. The monoisotopic (exact) mass is 372 g/mol. The lowest BCUT2D eigenvalue weighted by Crippen LogP contribution is -2.49. The average Bonchev–Trinajstić information content (AvgIpc) is 3.03. The van der Waals surface area contributed by atoms with Crippen molar-refractivity contribution in [2.45, 2.75) is 38.9 Å². The molecule has 4 aromatic rings. The molecule has 1 aromatic heterocycles. The summed E-state index contributed by atoms with van der Waals surface area (Å²) in [6, 6.07) is 22.8. The molecule has 0 saturated heterocycles. The lowest BCUT2D eigenvalue weighted by atomic mass is 9.82. The molecule has 0 atom stereocenters. The maximum atomic E-state index is 10.3. The van der Waals surface area contributed by atoms with E-state index < -0.39 is 11.2 Å². The van der Waals surface area contributed by atoms with Gasteiger partial charge in [0.25, 0.3) is 0 Å². The van der Waals surface area contributed by atoms with E-state index in [0.29, 0.717) is 7.48 Å². The lowest BCUT2D eigenvalue weighted by molar-refractivity contribution is -0.0893. The highest BCUT2D eigenvalue weighted by Gasteiger charge is 2.35. The molecule has 142 valence electrons. The number of hydrogen-bond donors (Lipinski definition) is 1. The van der Waals surface area contributed by atoms with Gasteiger partial charge >= 0.3 is 7.48 Å². The zero-order valence-corrected chi connectivity index (χ0v) is 16.8. The lowest BCUT2D eigenvalue weighted by Gasteiger charge is -2.37. The summed E-state index contributed by atoms with van der Waals surface area (Å²) in [6.45, 7) is 7.33. The van der Waals surface area contributed by atoms with Gasteiger partial charge in [0, 0.05) is 10.8 Å². The van der Waals surface area contributed by atoms with E-state index in [-0.39, 0.29) is 0 Å². The van der Waals surface area contributed by atoms with E-state index >= 15 is 0 Å². The molecule has 0 bridgehead atoms. The number of fused-ring (bicyclic) bond motifs is 3. The molecule has 3 nitrogen and oxygen atoms in total. The summed E-state index contributed by atoms with van der Waals surface area (Å²) < 4.78 is 12.1. The normalized spacial score (nSPS) is 12.6. The molecule has 1 N–H and O–H groups in total. The van der Waals surface area contributed by atoms with Crippen LogP contribution in [-0.4, -0.2) is 23.8 Å². The van der Waals surface area contributed by atoms with Crippen LogP contribution in [0.2, 0.25) is 0 Å². The highest BCUT2D eigenvalue weighted by atomic mass is 16.5. The molecule has 3 aromatic carbocycles. The molecular weight excluding hydrogens is 347 g/mol. The summed E-state index contributed by atoms with van der Waals surface area (Å²) in [4.78, 5) is 0. The van der Waals surface area contributed by atoms with Crippen LogP contribution in [0.3, 0.4) is 0 Å². The summed E-state index contributed by atoms with van der Waals surface area (Å²) in [7, 11) is 0.416. The summed E-state index contributed by atoms with van der Waals surface area (Å²) in [5.41, 5.74) is 3.54. The van der Waals surface area contributed by atoms with Crippen LogP contribution < -0.4 is 5.46 Å². The maximum absolute atomic E-state index is 10.3. The second-order valence-corrected chi connectivity index (χ2v) is 8.37. The molecule has 0 saturated carbocycles. The summed E-state index contributed by atoms with van der Waals surface area (Å²) in [6.07, 6.45) is 0. The zero-order valence-electron chi connectivity index (χ0n) is 16.8. The third-order valence-electron chi connectivity index (χ3n) is 5.72. The second-order valence-electron chi connectivity index (χ2n) is 8.37. The van der Waals surface area contributed by atoms with Crippen LogP contribution in [0.5, 0.6) is 0 Å². The Morgan fingerprint density at radius 1 is 0.786 bits per heavy atom. The van der Waals surface area contributed by atoms with Gasteiger partial charge in [-0.1, -0.05) is 48.5 Å². The molecule has 4 rings (SSSR count). The highest BCUT2D eigenvalue weighted by molar-refractivity contribution is 6.47. The first-order chi connectivity index (χ1) is 13.2. The third kappa shape index (κ3) is 3.46. The summed E-state index contributed by atoms with van der Waals surface area (Å²) in [5.74, 6) is 0. The Morgan fingerprint density at radius 3 is 2.25 bits per heavy atom. The molecule has 1 heterocycles. The molecule has 0 aliphatic rings. The Hall–Kier alpha value is -2.56. The second kappa shape index (κ2) is 6.80. The first-order valence-electron chi connectivity index (χ1n) is 9.61. The predicted octanol–water partition coefficient (Wildman–Crippen LogP) is 4.80. The smallest absolute Gasteiger partial charge is 0.309 e. The van der Waals surface area contributed by atoms with E-state index in [1.165, 1.54) is 11.1 Å². The van der Waals surface area contributed by atoms with Crippen molar-refractivity contribution in [2.75, 3.05) is 0 Å². The maximum Gasteiger partial charge on any atom is 0.309 e. The van der Waals surface area contributed by atoms with E-state index in [9.17, 15) is 5.11 Å². The SMILES string of the molecule is CC(C)(O)C(C)(C)OBc1ccc2c(c1)oc1ccc(-c3ccccc3)cc12. The van der Waals surface area contributed by atoms with Crippen LogP contribution in [0.1, 0.15) is 27.7 Å². The average molecular weight is 372 g/mol. The van der Waals surface area contributed by atoms with E-state index in [2.05, 4.69) is 48.5 Å². The van der Waals surface area contributed by atoms with Crippen LogP contribution in [0.15, 0.2) is 71.1 Å². The van der Waals surface area contributed by atoms with Gasteiger partial charge in [-0.25, -0.2) is 0 Å². The Kier molecular flexibility index (Phi) is 4.57. The van der Waals surface area contributed by atoms with Gasteiger partial charge in [-0.3, -0.25) is 0 Å². The van der Waals surface area contributed by atoms with Crippen LogP contribution in [0.25, 0.3) is 33.1 Å². The minimum absolute atomic E-state index is 0.416. The number of furan rings is 1. The number of rotatable bonds is 5. The van der Waals surface area contributed by atoms with Crippen LogP contribution in [-0.2, 0) is 4.65 Å². The van der Waals surface area contributed by atoms with E-state index in [4.69, 9.17) is 9.07 Å². The fourth-order valence-electron chi connectivity index (χ4n) is 3.16. The zero-order chi connectivity index (χ0) is 19.9. The molecule has 0 radical (unpaired) electrons. The molecule has 0 amide bonds. The van der Waals surface area contributed by atoms with Gasteiger partial charge < -0.3 is 14.2 Å². The Bertz CT molecular complexity index is 1120. The molecular formula is C24H25BO3. The van der Waals surface area contributed by atoms with Gasteiger partial charge in [-0.05, 0) is 62.5 Å². The van der Waals surface area contributed by atoms with Crippen LogP contribution in [0.4, 0.5) is 0 Å². The van der Waals surface area contributed by atoms with Crippen LogP contribution >= 0.6 is 0 Å². The van der Waals surface area contributed by atoms with Crippen molar-refractivity contribution in [3.8, 4) is 11.1 Å². The minimum Gasteiger partial charge on any atom is -0.456 e. The van der Waals surface area contributed by atoms with E-state index in [0.717, 1.165) is 27.4 Å². The Labute approximate surface area is 166 Å². The topological polar surface area (TPSA) is 42.6 Å². The molecule has 4 heteroatoms. The Balaban J connectivity index is 1.66. The highest BCUT2D eigenvalue weighted by Crippen LogP contribution is 2.32. The predicted molar refractivity (Wildman–Crippen MR) is 117 cm³/mol. The number of benzene rings is 3. The number of aliphatic hydroxyl groups is 1. The largest absolute Gasteiger partial charge is 0.456 e. The summed E-state index contributed by atoms with van der Waals surface area (Å²) >= 11 is 0. The number of hydrogen-bond acceptors (Lipinski definition) is 3. The van der Waals surface area contributed by atoms with Crippen molar-refractivity contribution < 1.29 is 14.2 Å². The van der Waals surface area contributed by atoms with Gasteiger partial charge in [-0.15, -0.1) is 0 Å². The van der Waals surface area contributed by atoms with Gasteiger partial charge in [-0.2, -0.15) is 0 Å². The summed E-state index contributed by atoms with van der Waals surface area (Å²) in [5, 5.41) is 12.5. The van der Waals surface area contributed by atoms with Crippen LogP contribution in [0, 0.1) is 0 Å². The Morgan fingerprint density at radius 2 is 1.54 bits per heavy atom. The van der Waals surface area contributed by atoms with Gasteiger partial charge in [0.2, 0.25) is 0 Å². The molecule has 0 aliphatic heterocycles. The fraction of sp³-hybridized carbons (Fsp3) is 0.250. The molecule has 0 aliphatic carbocycles.